The zero-order chi connectivity index (χ0) is 8.62. The van der Waals surface area contributed by atoms with E-state index in [4.69, 9.17) is 4.55 Å². The maximum Gasteiger partial charge on any atom is 0.424 e. The van der Waals surface area contributed by atoms with E-state index >= 15 is 0 Å². The van der Waals surface area contributed by atoms with E-state index in [1.807, 2.05) is 14.1 Å². The van der Waals surface area contributed by atoms with Crippen molar-refractivity contribution in [3.05, 3.63) is 0 Å². The molecule has 64 valence electrons. The van der Waals surface area contributed by atoms with Gasteiger partial charge in [0.25, 0.3) is 0 Å². The third kappa shape index (κ3) is 25.0. The van der Waals surface area contributed by atoms with Gasteiger partial charge in [0.05, 0.1) is 7.11 Å². The van der Waals surface area contributed by atoms with Crippen molar-refractivity contribution in [2.45, 2.75) is 0 Å². The van der Waals surface area contributed by atoms with Crippen molar-refractivity contribution in [3.8, 4) is 0 Å². The van der Waals surface area contributed by atoms with Crippen LogP contribution in [0.15, 0.2) is 0 Å². The van der Waals surface area contributed by atoms with E-state index in [-0.39, 0.29) is 0 Å². The Morgan fingerprint density at radius 1 is 1.40 bits per heavy atom. The van der Waals surface area contributed by atoms with Gasteiger partial charge in [-0.15, -0.1) is 0 Å². The van der Waals surface area contributed by atoms with E-state index < -0.39 is 10.4 Å². The summed E-state index contributed by atoms with van der Waals surface area (Å²) in [5, 5.41) is 2.75. The van der Waals surface area contributed by atoms with Gasteiger partial charge in [0.1, 0.15) is 0 Å². The van der Waals surface area contributed by atoms with E-state index in [0.717, 1.165) is 7.11 Å². The molecule has 0 saturated heterocycles. The zero-order valence-corrected chi connectivity index (χ0v) is 6.80. The molecular weight excluding hydrogens is 162 g/mol. The minimum Gasteiger partial charge on any atom is -0.323 e. The molecule has 0 atom stereocenters. The van der Waals surface area contributed by atoms with Crippen molar-refractivity contribution in [2.24, 2.45) is 0 Å². The van der Waals surface area contributed by atoms with Gasteiger partial charge < -0.3 is 5.32 Å². The maximum absolute atomic E-state index is 9.44. The summed E-state index contributed by atoms with van der Waals surface area (Å²) in [5.41, 5.74) is 0. The average molecular weight is 173 g/mol. The highest BCUT2D eigenvalue weighted by atomic mass is 32.3. The van der Waals surface area contributed by atoms with Crippen LogP contribution in [0.3, 0.4) is 0 Å². The summed E-state index contributed by atoms with van der Waals surface area (Å²) in [7, 11) is 0.320. The Morgan fingerprint density at radius 2 is 1.70 bits per heavy atom. The van der Waals surface area contributed by atoms with Crippen LogP contribution in [-0.4, -0.2) is 34.2 Å². The second kappa shape index (κ2) is 6.90. The van der Waals surface area contributed by atoms with Crippen LogP contribution in [0.25, 0.3) is 0 Å². The predicted molar refractivity (Wildman–Crippen MR) is 34.6 cm³/mol. The third-order valence-electron chi connectivity index (χ3n) is 0.154. The number of rotatable bonds is 2. The molecular formula is C3H11NO5S. The smallest absolute Gasteiger partial charge is 0.323 e. The largest absolute Gasteiger partial charge is 0.424 e. The van der Waals surface area contributed by atoms with E-state index in [1.54, 1.807) is 0 Å². The molecule has 0 heterocycles. The lowest BCUT2D eigenvalue weighted by atomic mass is 11.3. The van der Waals surface area contributed by atoms with Crippen molar-refractivity contribution < 1.29 is 22.2 Å². The second-order valence-electron chi connectivity index (χ2n) is 1.16. The highest BCUT2D eigenvalue weighted by Gasteiger charge is 2.00. The first-order valence-corrected chi connectivity index (χ1v) is 3.62. The highest BCUT2D eigenvalue weighted by molar-refractivity contribution is 7.80. The molecule has 0 bridgehead atoms. The van der Waals surface area contributed by atoms with Crippen molar-refractivity contribution in [1.82, 2.24) is 5.32 Å². The predicted octanol–water partition coefficient (Wildman–Crippen LogP) is -0.797. The topological polar surface area (TPSA) is 84.9 Å². The summed E-state index contributed by atoms with van der Waals surface area (Å²) in [6.07, 6.45) is 0. The van der Waals surface area contributed by atoms with Crippen molar-refractivity contribution >= 4 is 10.4 Å². The van der Waals surface area contributed by atoms with E-state index in [9.17, 15) is 8.42 Å². The minimum absolute atomic E-state index is 0.966. The quantitative estimate of drug-likeness (QED) is 0.323. The Balaban J connectivity index is 0. The SMILES string of the molecule is CNC.COOS(=O)(=O)O. The zero-order valence-electron chi connectivity index (χ0n) is 5.99. The van der Waals surface area contributed by atoms with Crippen molar-refractivity contribution in [1.29, 1.82) is 0 Å². The molecule has 0 amide bonds. The van der Waals surface area contributed by atoms with Gasteiger partial charge in [0.15, 0.2) is 0 Å². The maximum atomic E-state index is 9.44. The van der Waals surface area contributed by atoms with E-state index in [1.165, 1.54) is 0 Å². The molecule has 10 heavy (non-hydrogen) atoms. The van der Waals surface area contributed by atoms with Crippen LogP contribution in [0, 0.1) is 0 Å². The number of nitrogens with one attached hydrogen (secondary N) is 1. The summed E-state index contributed by atoms with van der Waals surface area (Å²) in [6.45, 7) is 0. The molecule has 6 nitrogen and oxygen atoms in total. The lowest BCUT2D eigenvalue weighted by molar-refractivity contribution is -0.179. The van der Waals surface area contributed by atoms with Gasteiger partial charge in [-0.05, 0) is 14.1 Å². The molecule has 0 radical (unpaired) electrons. The van der Waals surface area contributed by atoms with Gasteiger partial charge in [-0.1, -0.05) is 4.33 Å². The fraction of sp³-hybridized carbons (Fsp3) is 1.00. The molecule has 0 fully saturated rings. The Labute approximate surface area is 60.0 Å². The normalized spacial score (nSPS) is 10.0. The summed E-state index contributed by atoms with van der Waals surface area (Å²) < 4.78 is 29.8. The Kier molecular flexibility index (Phi) is 8.61. The standard InChI is InChI=1S/C2H7N.CH4O5S/c1-3-2;1-5-6-7(2,3)4/h3H,1-2H3;1H3,(H,2,3,4). The van der Waals surface area contributed by atoms with Gasteiger partial charge in [-0.2, -0.15) is 8.42 Å². The Hall–Kier alpha value is -0.210. The van der Waals surface area contributed by atoms with E-state index in [0.29, 0.717) is 0 Å². The first-order chi connectivity index (χ1) is 4.47. The van der Waals surface area contributed by atoms with Gasteiger partial charge in [-0.3, -0.25) is 4.55 Å². The minimum atomic E-state index is -4.40. The summed E-state index contributed by atoms with van der Waals surface area (Å²) >= 11 is 0. The van der Waals surface area contributed by atoms with Crippen LogP contribution in [-0.2, 0) is 19.6 Å². The van der Waals surface area contributed by atoms with Crippen LogP contribution in [0.5, 0.6) is 0 Å². The molecule has 0 spiro atoms. The average Bonchev–Trinajstić information content (AvgIpc) is 1.63. The lowest BCUT2D eigenvalue weighted by Crippen LogP contribution is -2.00. The van der Waals surface area contributed by atoms with Crippen LogP contribution in [0.1, 0.15) is 0 Å². The molecule has 0 saturated carbocycles. The van der Waals surface area contributed by atoms with Gasteiger partial charge in [0, 0.05) is 0 Å². The fourth-order valence-electron chi connectivity index (χ4n) is 0.0860. The number of hydrogen-bond acceptors (Lipinski definition) is 5. The van der Waals surface area contributed by atoms with E-state index in [2.05, 4.69) is 14.5 Å². The summed E-state index contributed by atoms with van der Waals surface area (Å²) in [6, 6.07) is 0. The van der Waals surface area contributed by atoms with Crippen molar-refractivity contribution in [3.63, 3.8) is 0 Å². The molecule has 0 aliphatic heterocycles. The Bertz CT molecular complexity index is 141. The molecule has 2 N–H and O–H groups in total. The van der Waals surface area contributed by atoms with Gasteiger partial charge in [0.2, 0.25) is 0 Å². The fourth-order valence-corrected chi connectivity index (χ4v) is 0.258. The first kappa shape index (κ1) is 12.5. The third-order valence-corrected chi connectivity index (χ3v) is 0.462. The molecule has 0 aromatic carbocycles. The van der Waals surface area contributed by atoms with Crippen LogP contribution < -0.4 is 5.32 Å². The molecule has 0 aliphatic rings. The molecule has 0 aromatic heterocycles. The van der Waals surface area contributed by atoms with Crippen LogP contribution in [0.2, 0.25) is 0 Å². The first-order valence-electron chi connectivity index (χ1n) is 2.26. The monoisotopic (exact) mass is 173 g/mol. The van der Waals surface area contributed by atoms with Gasteiger partial charge in [-0.25, -0.2) is 4.89 Å². The molecule has 0 unspecified atom stereocenters. The molecule has 0 aliphatic carbocycles. The summed E-state index contributed by atoms with van der Waals surface area (Å²) in [4.78, 5) is 3.57. The number of hydrogen-bond donors (Lipinski definition) is 2. The Morgan fingerprint density at radius 3 is 1.70 bits per heavy atom. The second-order valence-corrected chi connectivity index (χ2v) is 2.15. The van der Waals surface area contributed by atoms with Crippen molar-refractivity contribution in [2.75, 3.05) is 21.2 Å². The van der Waals surface area contributed by atoms with Crippen LogP contribution >= 0.6 is 0 Å². The molecule has 0 aromatic rings. The summed E-state index contributed by atoms with van der Waals surface area (Å²) in [5.74, 6) is 0. The molecule has 7 heteroatoms. The van der Waals surface area contributed by atoms with Gasteiger partial charge >= 0.3 is 10.4 Å². The van der Waals surface area contributed by atoms with Crippen LogP contribution in [0.4, 0.5) is 0 Å². The highest BCUT2D eigenvalue weighted by Crippen LogP contribution is 1.81. The lowest BCUT2D eigenvalue weighted by Gasteiger charge is -1.87. The molecule has 0 rings (SSSR count).